The van der Waals surface area contributed by atoms with Gasteiger partial charge in [-0.3, -0.25) is 9.36 Å². The van der Waals surface area contributed by atoms with Crippen LogP contribution in [0, 0.1) is 0 Å². The second-order valence-corrected chi connectivity index (χ2v) is 7.82. The normalized spacial score (nSPS) is 11.8. The summed E-state index contributed by atoms with van der Waals surface area (Å²) < 4.78 is 45.4. The molecule has 0 saturated heterocycles. The average Bonchev–Trinajstić information content (AvgIpc) is 3.44. The van der Waals surface area contributed by atoms with E-state index in [2.05, 4.69) is 15.1 Å². The summed E-state index contributed by atoms with van der Waals surface area (Å²) in [5, 5.41) is 6.14. The molecule has 0 radical (unpaired) electrons. The molecule has 0 spiro atoms. The van der Waals surface area contributed by atoms with Crippen molar-refractivity contribution in [2.24, 2.45) is 0 Å². The summed E-state index contributed by atoms with van der Waals surface area (Å²) in [6.45, 7) is -0.0577. The molecule has 5 aromatic rings. The maximum atomic E-state index is 13.1. The predicted octanol–water partition coefficient (Wildman–Crippen LogP) is 5.24. The fourth-order valence-corrected chi connectivity index (χ4v) is 4.23. The van der Waals surface area contributed by atoms with Crippen LogP contribution in [0.1, 0.15) is 11.5 Å². The Bertz CT molecular complexity index is 1470. The van der Waals surface area contributed by atoms with E-state index in [0.717, 1.165) is 23.3 Å². The van der Waals surface area contributed by atoms with Crippen molar-refractivity contribution < 1.29 is 17.7 Å². The van der Waals surface area contributed by atoms with Gasteiger partial charge in [-0.1, -0.05) is 47.6 Å². The zero-order valence-electron chi connectivity index (χ0n) is 16.2. The van der Waals surface area contributed by atoms with Gasteiger partial charge in [-0.25, -0.2) is 4.98 Å². The Labute approximate surface area is 182 Å². The van der Waals surface area contributed by atoms with Crippen molar-refractivity contribution in [3.8, 4) is 22.5 Å². The zero-order valence-corrected chi connectivity index (χ0v) is 17.0. The molecule has 0 bridgehead atoms. The lowest BCUT2D eigenvalue weighted by atomic mass is 10.1. The Morgan fingerprint density at radius 2 is 1.81 bits per heavy atom. The minimum Gasteiger partial charge on any atom is -0.337 e. The largest absolute Gasteiger partial charge is 0.416 e. The van der Waals surface area contributed by atoms with Gasteiger partial charge in [0.25, 0.3) is 5.56 Å². The first-order valence-electron chi connectivity index (χ1n) is 9.42. The van der Waals surface area contributed by atoms with E-state index in [1.807, 2.05) is 35.7 Å². The molecule has 5 rings (SSSR count). The number of nitrogens with zero attached hydrogens (tertiary/aromatic N) is 4. The molecule has 0 N–H and O–H groups in total. The van der Waals surface area contributed by atoms with Gasteiger partial charge in [0.1, 0.15) is 11.4 Å². The van der Waals surface area contributed by atoms with Crippen LogP contribution in [0.3, 0.4) is 0 Å². The molecule has 0 unspecified atom stereocenters. The molecule has 0 saturated carbocycles. The SMILES string of the molecule is O=c1c2c(-c3ccccc3)csc2ncn1Cc1nc(-c2cccc(C(F)(F)F)c2)no1. The Hall–Kier alpha value is -3.79. The second-order valence-electron chi connectivity index (χ2n) is 6.96. The first kappa shape index (κ1) is 20.1. The van der Waals surface area contributed by atoms with Crippen LogP contribution in [-0.2, 0) is 12.7 Å². The number of hydrogen-bond donors (Lipinski definition) is 0. The first-order valence-corrected chi connectivity index (χ1v) is 10.3. The van der Waals surface area contributed by atoms with Crippen LogP contribution in [0.15, 0.2) is 75.6 Å². The maximum Gasteiger partial charge on any atom is 0.416 e. The molecule has 0 fully saturated rings. The van der Waals surface area contributed by atoms with E-state index < -0.39 is 11.7 Å². The van der Waals surface area contributed by atoms with Gasteiger partial charge in [-0.05, 0) is 17.7 Å². The van der Waals surface area contributed by atoms with Crippen molar-refractivity contribution in [1.29, 1.82) is 0 Å². The molecule has 0 aliphatic carbocycles. The number of thiophene rings is 1. The van der Waals surface area contributed by atoms with E-state index in [9.17, 15) is 18.0 Å². The number of benzene rings is 2. The van der Waals surface area contributed by atoms with Crippen LogP contribution in [0.25, 0.3) is 32.7 Å². The topological polar surface area (TPSA) is 73.8 Å². The molecule has 0 amide bonds. The summed E-state index contributed by atoms with van der Waals surface area (Å²) in [4.78, 5) is 22.3. The molecule has 0 aliphatic rings. The standard InChI is InChI=1S/C22H13F3N4O2S/c23-22(24,25)15-8-4-7-14(9-15)19-27-17(31-28-19)10-29-12-26-20-18(21(29)30)16(11-32-20)13-5-2-1-3-6-13/h1-9,11-12H,10H2. The zero-order chi connectivity index (χ0) is 22.3. The number of rotatable bonds is 4. The van der Waals surface area contributed by atoms with E-state index in [0.29, 0.717) is 10.2 Å². The molecule has 32 heavy (non-hydrogen) atoms. The van der Waals surface area contributed by atoms with Crippen molar-refractivity contribution in [2.45, 2.75) is 12.7 Å². The Balaban J connectivity index is 1.48. The average molecular weight is 454 g/mol. The Morgan fingerprint density at radius 3 is 2.59 bits per heavy atom. The minimum atomic E-state index is -4.48. The molecular weight excluding hydrogens is 441 g/mol. The molecule has 0 atom stereocenters. The highest BCUT2D eigenvalue weighted by Gasteiger charge is 2.30. The van der Waals surface area contributed by atoms with Crippen LogP contribution < -0.4 is 5.56 Å². The van der Waals surface area contributed by atoms with Gasteiger partial charge in [0.15, 0.2) is 0 Å². The van der Waals surface area contributed by atoms with Gasteiger partial charge in [-0.2, -0.15) is 18.2 Å². The van der Waals surface area contributed by atoms with E-state index in [4.69, 9.17) is 4.52 Å². The van der Waals surface area contributed by atoms with E-state index in [1.165, 1.54) is 34.4 Å². The highest BCUT2D eigenvalue weighted by molar-refractivity contribution is 7.17. The fraction of sp³-hybridized carbons (Fsp3) is 0.0909. The van der Waals surface area contributed by atoms with Crippen LogP contribution in [-0.4, -0.2) is 19.7 Å². The highest BCUT2D eigenvalue weighted by Crippen LogP contribution is 2.32. The third-order valence-corrected chi connectivity index (χ3v) is 5.75. The summed E-state index contributed by atoms with van der Waals surface area (Å²) in [6, 6.07) is 14.2. The number of alkyl halides is 3. The smallest absolute Gasteiger partial charge is 0.337 e. The molecule has 2 aromatic carbocycles. The van der Waals surface area contributed by atoms with Gasteiger partial charge < -0.3 is 4.52 Å². The molecule has 160 valence electrons. The summed E-state index contributed by atoms with van der Waals surface area (Å²) in [5.74, 6) is 0.0887. The molecule has 0 aliphatic heterocycles. The van der Waals surface area contributed by atoms with Crippen LogP contribution in [0.2, 0.25) is 0 Å². The lowest BCUT2D eigenvalue weighted by Crippen LogP contribution is -2.21. The van der Waals surface area contributed by atoms with Gasteiger partial charge >= 0.3 is 6.18 Å². The summed E-state index contributed by atoms with van der Waals surface area (Å²) in [6.07, 6.45) is -3.09. The molecule has 6 nitrogen and oxygen atoms in total. The third-order valence-electron chi connectivity index (χ3n) is 4.87. The summed E-state index contributed by atoms with van der Waals surface area (Å²) in [5.41, 5.74) is 0.777. The van der Waals surface area contributed by atoms with Crippen molar-refractivity contribution in [3.63, 3.8) is 0 Å². The number of aromatic nitrogens is 4. The Kier molecular flexibility index (Phi) is 4.86. The quantitative estimate of drug-likeness (QED) is 0.371. The van der Waals surface area contributed by atoms with Crippen LogP contribution in [0.5, 0.6) is 0 Å². The fourth-order valence-electron chi connectivity index (χ4n) is 3.33. The maximum absolute atomic E-state index is 13.1. The lowest BCUT2D eigenvalue weighted by molar-refractivity contribution is -0.137. The monoisotopic (exact) mass is 454 g/mol. The first-order chi connectivity index (χ1) is 15.4. The second kappa shape index (κ2) is 7.72. The van der Waals surface area contributed by atoms with Crippen LogP contribution in [0.4, 0.5) is 13.2 Å². The van der Waals surface area contributed by atoms with Gasteiger partial charge in [-0.15, -0.1) is 11.3 Å². The van der Waals surface area contributed by atoms with Crippen molar-refractivity contribution in [3.05, 3.63) is 88.1 Å². The number of fused-ring (bicyclic) bond motifs is 1. The highest BCUT2D eigenvalue weighted by atomic mass is 32.1. The number of halogens is 3. The predicted molar refractivity (Wildman–Crippen MR) is 113 cm³/mol. The van der Waals surface area contributed by atoms with Gasteiger partial charge in [0.05, 0.1) is 17.3 Å². The van der Waals surface area contributed by atoms with Gasteiger partial charge in [0, 0.05) is 16.5 Å². The molecule has 10 heteroatoms. The molecule has 3 heterocycles. The van der Waals surface area contributed by atoms with E-state index in [-0.39, 0.29) is 29.4 Å². The summed E-state index contributed by atoms with van der Waals surface area (Å²) >= 11 is 1.37. The molecular formula is C22H13F3N4O2S. The lowest BCUT2D eigenvalue weighted by Gasteiger charge is -2.06. The number of hydrogen-bond acceptors (Lipinski definition) is 6. The van der Waals surface area contributed by atoms with Crippen molar-refractivity contribution >= 4 is 21.6 Å². The van der Waals surface area contributed by atoms with E-state index >= 15 is 0 Å². The third kappa shape index (κ3) is 3.69. The molecule has 3 aromatic heterocycles. The van der Waals surface area contributed by atoms with Crippen molar-refractivity contribution in [2.75, 3.05) is 0 Å². The van der Waals surface area contributed by atoms with Crippen molar-refractivity contribution in [1.82, 2.24) is 19.7 Å². The van der Waals surface area contributed by atoms with Crippen LogP contribution >= 0.6 is 11.3 Å². The van der Waals surface area contributed by atoms with E-state index in [1.54, 1.807) is 0 Å². The summed E-state index contributed by atoms with van der Waals surface area (Å²) in [7, 11) is 0. The van der Waals surface area contributed by atoms with Gasteiger partial charge in [0.2, 0.25) is 11.7 Å². The minimum absolute atomic E-state index is 0.00805. The Morgan fingerprint density at radius 1 is 1.03 bits per heavy atom.